The minimum atomic E-state index is -3.08. The van der Waals surface area contributed by atoms with Gasteiger partial charge in [-0.25, -0.2) is 22.9 Å². The van der Waals surface area contributed by atoms with E-state index in [1.807, 2.05) is 0 Å². The van der Waals surface area contributed by atoms with E-state index in [0.717, 1.165) is 0 Å². The second kappa shape index (κ2) is 3.83. The lowest BCUT2D eigenvalue weighted by Crippen LogP contribution is -2.05. The first kappa shape index (κ1) is 10.8. The highest BCUT2D eigenvalue weighted by atomic mass is 35.5. The first-order valence-electron chi connectivity index (χ1n) is 3.30. The molecule has 0 aliphatic carbocycles. The highest BCUT2D eigenvalue weighted by Crippen LogP contribution is 2.27. The molecule has 0 amide bonds. The van der Waals surface area contributed by atoms with E-state index in [1.165, 1.54) is 0 Å². The zero-order valence-electron chi connectivity index (χ0n) is 6.47. The summed E-state index contributed by atoms with van der Waals surface area (Å²) >= 11 is 5.19. The van der Waals surface area contributed by atoms with Crippen LogP contribution in [0.4, 0.5) is 13.2 Å². The molecule has 0 fully saturated rings. The van der Waals surface area contributed by atoms with Crippen molar-refractivity contribution in [2.75, 3.05) is 0 Å². The molecule has 3 nitrogen and oxygen atoms in total. The lowest BCUT2D eigenvalue weighted by Gasteiger charge is -2.04. The number of rotatable bonds is 2. The number of pyridine rings is 1. The lowest BCUT2D eigenvalue weighted by molar-refractivity contribution is 0.0689. The third-order valence-corrected chi connectivity index (χ3v) is 1.77. The molecular formula is C7H3ClF3NO2. The Bertz CT molecular complexity index is 383. The Hall–Kier alpha value is -1.30. The molecule has 1 aromatic rings. The summed E-state index contributed by atoms with van der Waals surface area (Å²) < 4.78 is 37.1. The van der Waals surface area contributed by atoms with Crippen molar-refractivity contribution < 1.29 is 23.1 Å². The molecule has 1 rings (SSSR count). The Morgan fingerprint density at radius 3 is 2.57 bits per heavy atom. The molecule has 76 valence electrons. The lowest BCUT2D eigenvalue weighted by atomic mass is 10.2. The molecule has 7 heteroatoms. The smallest absolute Gasteiger partial charge is 0.356 e. The topological polar surface area (TPSA) is 50.2 Å². The van der Waals surface area contributed by atoms with Crippen molar-refractivity contribution in [1.82, 2.24) is 4.98 Å². The summed E-state index contributed by atoms with van der Waals surface area (Å²) in [6.45, 7) is 0. The number of hydrogen-bond acceptors (Lipinski definition) is 2. The molecular weight excluding hydrogens is 223 g/mol. The Balaban J connectivity index is 3.33. The molecule has 1 aromatic heterocycles. The average molecular weight is 226 g/mol. The molecule has 0 aliphatic rings. The Labute approximate surface area is 81.1 Å². The van der Waals surface area contributed by atoms with Gasteiger partial charge in [0.15, 0.2) is 11.5 Å². The molecule has 0 bridgehead atoms. The van der Waals surface area contributed by atoms with Gasteiger partial charge in [0, 0.05) is 6.20 Å². The van der Waals surface area contributed by atoms with Gasteiger partial charge in [0.2, 0.25) is 0 Å². The summed E-state index contributed by atoms with van der Waals surface area (Å²) in [6, 6.07) is 0. The fourth-order valence-electron chi connectivity index (χ4n) is 0.779. The molecule has 1 N–H and O–H groups in total. The van der Waals surface area contributed by atoms with Crippen LogP contribution in [0.5, 0.6) is 0 Å². The van der Waals surface area contributed by atoms with Gasteiger partial charge in [0.25, 0.3) is 6.43 Å². The first-order valence-corrected chi connectivity index (χ1v) is 3.68. The quantitative estimate of drug-likeness (QED) is 0.841. The van der Waals surface area contributed by atoms with Crippen molar-refractivity contribution in [3.63, 3.8) is 0 Å². The van der Waals surface area contributed by atoms with E-state index in [9.17, 15) is 18.0 Å². The number of aromatic carboxylic acids is 1. The van der Waals surface area contributed by atoms with E-state index in [0.29, 0.717) is 6.20 Å². The summed E-state index contributed by atoms with van der Waals surface area (Å²) in [6.07, 6.45) is -2.63. The number of carbonyl (C=O) groups is 1. The van der Waals surface area contributed by atoms with Crippen molar-refractivity contribution in [2.24, 2.45) is 0 Å². The Kier molecular flexibility index (Phi) is 2.95. The number of halogens is 4. The van der Waals surface area contributed by atoms with Gasteiger partial charge in [-0.2, -0.15) is 0 Å². The molecule has 14 heavy (non-hydrogen) atoms. The fourth-order valence-corrected chi connectivity index (χ4v) is 1.02. The van der Waals surface area contributed by atoms with Gasteiger partial charge in [-0.15, -0.1) is 0 Å². The van der Waals surface area contributed by atoms with E-state index in [1.54, 1.807) is 0 Å². The van der Waals surface area contributed by atoms with E-state index in [-0.39, 0.29) is 0 Å². The maximum absolute atomic E-state index is 13.0. The SMILES string of the molecule is O=C(O)c1ncc(C(F)F)c(F)c1Cl. The third kappa shape index (κ3) is 1.79. The van der Waals surface area contributed by atoms with Gasteiger partial charge in [-0.3, -0.25) is 0 Å². The summed E-state index contributed by atoms with van der Waals surface area (Å²) in [5.74, 6) is -3.02. The van der Waals surface area contributed by atoms with Gasteiger partial charge >= 0.3 is 5.97 Å². The van der Waals surface area contributed by atoms with E-state index < -0.39 is 34.5 Å². The summed E-state index contributed by atoms with van der Waals surface area (Å²) in [7, 11) is 0. The molecule has 0 spiro atoms. The van der Waals surface area contributed by atoms with E-state index in [4.69, 9.17) is 16.7 Å². The van der Waals surface area contributed by atoms with Crippen molar-refractivity contribution in [2.45, 2.75) is 6.43 Å². The molecule has 0 radical (unpaired) electrons. The highest BCUT2D eigenvalue weighted by molar-refractivity contribution is 6.33. The van der Waals surface area contributed by atoms with Crippen LogP contribution in [-0.4, -0.2) is 16.1 Å². The van der Waals surface area contributed by atoms with E-state index in [2.05, 4.69) is 4.98 Å². The van der Waals surface area contributed by atoms with Gasteiger partial charge in [0.1, 0.15) is 5.02 Å². The average Bonchev–Trinajstić information content (AvgIpc) is 2.08. The molecule has 1 heterocycles. The van der Waals surface area contributed by atoms with Crippen molar-refractivity contribution in [3.05, 3.63) is 28.3 Å². The van der Waals surface area contributed by atoms with Crippen molar-refractivity contribution in [3.8, 4) is 0 Å². The van der Waals surface area contributed by atoms with Crippen LogP contribution in [0.15, 0.2) is 6.20 Å². The Morgan fingerprint density at radius 2 is 2.14 bits per heavy atom. The molecule has 0 unspecified atom stereocenters. The van der Waals surface area contributed by atoms with Gasteiger partial charge in [-0.05, 0) is 0 Å². The van der Waals surface area contributed by atoms with Crippen LogP contribution in [0.1, 0.15) is 22.5 Å². The first-order chi connectivity index (χ1) is 6.45. The number of carboxylic acids is 1. The van der Waals surface area contributed by atoms with E-state index >= 15 is 0 Å². The largest absolute Gasteiger partial charge is 0.476 e. The third-order valence-electron chi connectivity index (χ3n) is 1.42. The van der Waals surface area contributed by atoms with Crippen LogP contribution in [0.3, 0.4) is 0 Å². The number of carboxylic acid groups (broad SMARTS) is 1. The molecule has 0 aromatic carbocycles. The normalized spacial score (nSPS) is 10.6. The molecule has 0 aliphatic heterocycles. The molecule has 0 saturated carbocycles. The van der Waals surface area contributed by atoms with Crippen LogP contribution in [0.2, 0.25) is 5.02 Å². The van der Waals surface area contributed by atoms with Crippen molar-refractivity contribution in [1.29, 1.82) is 0 Å². The second-order valence-electron chi connectivity index (χ2n) is 2.30. The van der Waals surface area contributed by atoms with Gasteiger partial charge in [0.05, 0.1) is 5.56 Å². The maximum Gasteiger partial charge on any atom is 0.356 e. The minimum absolute atomic E-state index is 0.454. The summed E-state index contributed by atoms with van der Waals surface area (Å²) in [5, 5.41) is 7.51. The summed E-state index contributed by atoms with van der Waals surface area (Å²) in [4.78, 5) is 13.5. The Morgan fingerprint density at radius 1 is 1.57 bits per heavy atom. The number of aromatic nitrogens is 1. The number of hydrogen-bond donors (Lipinski definition) is 1. The monoisotopic (exact) mass is 225 g/mol. The molecule has 0 atom stereocenters. The fraction of sp³-hybridized carbons (Fsp3) is 0.143. The maximum atomic E-state index is 13.0. The van der Waals surface area contributed by atoms with Crippen LogP contribution < -0.4 is 0 Å². The van der Waals surface area contributed by atoms with Gasteiger partial charge < -0.3 is 5.11 Å². The highest BCUT2D eigenvalue weighted by Gasteiger charge is 2.22. The molecule has 0 saturated heterocycles. The minimum Gasteiger partial charge on any atom is -0.476 e. The predicted octanol–water partition coefficient (Wildman–Crippen LogP) is 2.51. The standard InChI is InChI=1S/C7H3ClF3NO2/c8-3-4(9)2(6(10)11)1-12-5(3)7(13)14/h1,6H,(H,13,14). The summed E-state index contributed by atoms with van der Waals surface area (Å²) in [5.41, 5.74) is -1.80. The number of alkyl halides is 2. The second-order valence-corrected chi connectivity index (χ2v) is 2.67. The van der Waals surface area contributed by atoms with Gasteiger partial charge in [-0.1, -0.05) is 11.6 Å². The predicted molar refractivity (Wildman–Crippen MR) is 41.1 cm³/mol. The number of nitrogens with zero attached hydrogens (tertiary/aromatic N) is 1. The zero-order valence-corrected chi connectivity index (χ0v) is 7.23. The zero-order chi connectivity index (χ0) is 10.9. The van der Waals surface area contributed by atoms with Crippen LogP contribution in [0.25, 0.3) is 0 Å². The van der Waals surface area contributed by atoms with Crippen LogP contribution in [-0.2, 0) is 0 Å². The van der Waals surface area contributed by atoms with Crippen molar-refractivity contribution >= 4 is 17.6 Å². The van der Waals surface area contributed by atoms with Crippen LogP contribution >= 0.6 is 11.6 Å². The van der Waals surface area contributed by atoms with Crippen LogP contribution in [0, 0.1) is 5.82 Å².